The molecule has 3 rings (SSSR count). The highest BCUT2D eigenvalue weighted by Crippen LogP contribution is 2.33. The number of fused-ring (bicyclic) bond motifs is 1. The zero-order chi connectivity index (χ0) is 26.2. The van der Waals surface area contributed by atoms with Gasteiger partial charge in [-0.1, -0.05) is 11.6 Å². The molecule has 1 unspecified atom stereocenters. The summed E-state index contributed by atoms with van der Waals surface area (Å²) in [7, 11) is 0. The van der Waals surface area contributed by atoms with Crippen LogP contribution >= 0.6 is 23.4 Å². The molecule has 0 bridgehead atoms. The van der Waals surface area contributed by atoms with E-state index in [0.29, 0.717) is 40.5 Å². The van der Waals surface area contributed by atoms with Gasteiger partial charge in [0.1, 0.15) is 23.7 Å². The second kappa shape index (κ2) is 12.4. The van der Waals surface area contributed by atoms with Crippen LogP contribution < -0.4 is 20.7 Å². The first-order valence-electron chi connectivity index (χ1n) is 10.7. The van der Waals surface area contributed by atoms with E-state index in [1.807, 2.05) is 0 Å². The number of aliphatic carboxylic acids is 1. The molecule has 1 heterocycles. The highest BCUT2D eigenvalue weighted by atomic mass is 35.5. The van der Waals surface area contributed by atoms with Crippen molar-refractivity contribution in [2.75, 3.05) is 29.5 Å². The van der Waals surface area contributed by atoms with Gasteiger partial charge < -0.3 is 25.8 Å². The highest BCUT2D eigenvalue weighted by molar-refractivity contribution is 8.01. The summed E-state index contributed by atoms with van der Waals surface area (Å²) in [5.41, 5.74) is 1.35. The third-order valence-corrected chi connectivity index (χ3v) is 6.16. The standard InChI is InChI=1S/C23H23ClFN5O5S/c1-3-35-19-8-17-14(22(28-11-27-17)29-13-4-5-16(25)15(24)6-13)7-18(19)30-20(31)9-26-23(34)12(2)36-10-21(32)33/h4-8,11-12H,3,9-10H2,1-2H3,(H,26,34)(H,30,31)(H,32,33)(H,27,28,29). The molecule has 2 aromatic carbocycles. The molecule has 4 N–H and O–H groups in total. The van der Waals surface area contributed by atoms with Crippen LogP contribution in [0.15, 0.2) is 36.7 Å². The van der Waals surface area contributed by atoms with Crippen molar-refractivity contribution in [3.63, 3.8) is 0 Å². The number of benzene rings is 2. The molecule has 0 saturated carbocycles. The Kier molecular flexibility index (Phi) is 9.25. The Morgan fingerprint density at radius 2 is 2.00 bits per heavy atom. The molecule has 0 aliphatic heterocycles. The second-order valence-electron chi connectivity index (χ2n) is 7.39. The van der Waals surface area contributed by atoms with Crippen LogP contribution in [0.5, 0.6) is 5.75 Å². The number of carboxylic acid groups (broad SMARTS) is 1. The molecule has 0 radical (unpaired) electrons. The van der Waals surface area contributed by atoms with Gasteiger partial charge in [0, 0.05) is 17.1 Å². The van der Waals surface area contributed by atoms with E-state index in [4.69, 9.17) is 21.4 Å². The van der Waals surface area contributed by atoms with Crippen LogP contribution in [0.2, 0.25) is 5.02 Å². The van der Waals surface area contributed by atoms with E-state index in [2.05, 4.69) is 25.9 Å². The van der Waals surface area contributed by atoms with E-state index < -0.39 is 28.9 Å². The van der Waals surface area contributed by atoms with Gasteiger partial charge in [0.2, 0.25) is 11.8 Å². The Morgan fingerprint density at radius 3 is 2.69 bits per heavy atom. The third kappa shape index (κ3) is 7.18. The number of amides is 2. The number of ether oxygens (including phenoxy) is 1. The lowest BCUT2D eigenvalue weighted by Crippen LogP contribution is -2.37. The summed E-state index contributed by atoms with van der Waals surface area (Å²) in [5, 5.41) is 16.8. The summed E-state index contributed by atoms with van der Waals surface area (Å²) in [6, 6.07) is 7.41. The molecular weight excluding hydrogens is 513 g/mol. The lowest BCUT2D eigenvalue weighted by Gasteiger charge is -2.15. The fourth-order valence-corrected chi connectivity index (χ4v) is 3.85. The van der Waals surface area contributed by atoms with Crippen molar-refractivity contribution in [3.05, 3.63) is 47.5 Å². The maximum Gasteiger partial charge on any atom is 0.313 e. The predicted molar refractivity (Wildman–Crippen MR) is 137 cm³/mol. The number of carboxylic acids is 1. The Morgan fingerprint density at radius 1 is 1.22 bits per heavy atom. The molecule has 0 saturated heterocycles. The van der Waals surface area contributed by atoms with E-state index >= 15 is 0 Å². The summed E-state index contributed by atoms with van der Waals surface area (Å²) < 4.78 is 19.2. The van der Waals surface area contributed by atoms with Crippen molar-refractivity contribution in [1.29, 1.82) is 0 Å². The van der Waals surface area contributed by atoms with Crippen molar-refractivity contribution < 1.29 is 28.6 Å². The molecule has 0 fully saturated rings. The van der Waals surface area contributed by atoms with E-state index in [1.54, 1.807) is 26.0 Å². The summed E-state index contributed by atoms with van der Waals surface area (Å²) in [6.45, 7) is 3.34. The number of halogens is 2. The Bertz CT molecular complexity index is 1300. The molecule has 0 aliphatic carbocycles. The average molecular weight is 536 g/mol. The van der Waals surface area contributed by atoms with E-state index in [9.17, 15) is 18.8 Å². The van der Waals surface area contributed by atoms with E-state index in [1.165, 1.54) is 24.5 Å². The van der Waals surface area contributed by atoms with Gasteiger partial charge >= 0.3 is 5.97 Å². The van der Waals surface area contributed by atoms with Crippen LogP contribution in [0.4, 0.5) is 21.6 Å². The quantitative estimate of drug-likeness (QED) is 0.288. The topological polar surface area (TPSA) is 143 Å². The van der Waals surface area contributed by atoms with Crippen LogP contribution in [0.3, 0.4) is 0 Å². The molecular formula is C23H23ClFN5O5S. The first-order valence-corrected chi connectivity index (χ1v) is 12.1. The number of thioether (sulfide) groups is 1. The molecule has 13 heteroatoms. The van der Waals surface area contributed by atoms with Gasteiger partial charge in [-0.3, -0.25) is 14.4 Å². The van der Waals surface area contributed by atoms with Crippen molar-refractivity contribution in [2.45, 2.75) is 19.1 Å². The first kappa shape index (κ1) is 27.0. The molecule has 36 heavy (non-hydrogen) atoms. The van der Waals surface area contributed by atoms with Crippen molar-refractivity contribution >= 4 is 69.2 Å². The SMILES string of the molecule is CCOc1cc2ncnc(Nc3ccc(F)c(Cl)c3)c2cc1NC(=O)CNC(=O)C(C)SCC(=O)O. The minimum absolute atomic E-state index is 0.0531. The van der Waals surface area contributed by atoms with Crippen LogP contribution in [0.1, 0.15) is 13.8 Å². The van der Waals surface area contributed by atoms with Gasteiger partial charge in [-0.05, 0) is 38.1 Å². The monoisotopic (exact) mass is 535 g/mol. The summed E-state index contributed by atoms with van der Waals surface area (Å²) in [5.74, 6) is -2.03. The second-order valence-corrected chi connectivity index (χ2v) is 9.12. The van der Waals surface area contributed by atoms with Crippen molar-refractivity contribution in [1.82, 2.24) is 15.3 Å². The molecule has 2 amide bonds. The molecule has 190 valence electrons. The van der Waals surface area contributed by atoms with E-state index in [-0.39, 0.29) is 17.3 Å². The Hall–Kier alpha value is -3.64. The molecule has 1 atom stereocenters. The number of hydrogen-bond acceptors (Lipinski definition) is 8. The van der Waals surface area contributed by atoms with Gasteiger partial charge in [0.15, 0.2) is 0 Å². The van der Waals surface area contributed by atoms with Gasteiger partial charge in [-0.2, -0.15) is 0 Å². The number of carbonyl (C=O) groups excluding carboxylic acids is 2. The summed E-state index contributed by atoms with van der Waals surface area (Å²) in [6.07, 6.45) is 1.35. The minimum atomic E-state index is -1.03. The van der Waals surface area contributed by atoms with Crippen molar-refractivity contribution in [2.24, 2.45) is 0 Å². The number of aromatic nitrogens is 2. The fraction of sp³-hybridized carbons (Fsp3) is 0.261. The Balaban J connectivity index is 1.79. The minimum Gasteiger partial charge on any atom is -0.492 e. The lowest BCUT2D eigenvalue weighted by molar-refractivity contribution is -0.133. The number of nitrogens with one attached hydrogen (secondary N) is 3. The number of nitrogens with zero attached hydrogens (tertiary/aromatic N) is 2. The van der Waals surface area contributed by atoms with Gasteiger partial charge in [-0.15, -0.1) is 11.8 Å². The maximum absolute atomic E-state index is 13.5. The molecule has 0 aliphatic rings. The summed E-state index contributed by atoms with van der Waals surface area (Å²) >= 11 is 6.82. The molecule has 0 spiro atoms. The van der Waals surface area contributed by atoms with Crippen LogP contribution in [0, 0.1) is 5.82 Å². The van der Waals surface area contributed by atoms with Crippen molar-refractivity contribution in [3.8, 4) is 5.75 Å². The van der Waals surface area contributed by atoms with Crippen LogP contribution in [-0.2, 0) is 14.4 Å². The predicted octanol–water partition coefficient (Wildman–Crippen LogP) is 3.83. The van der Waals surface area contributed by atoms with E-state index in [0.717, 1.165) is 11.8 Å². The zero-order valence-corrected chi connectivity index (χ0v) is 20.9. The Labute approximate surface area is 215 Å². The first-order chi connectivity index (χ1) is 17.2. The van der Waals surface area contributed by atoms with Gasteiger partial charge in [0.25, 0.3) is 0 Å². The van der Waals surface area contributed by atoms with Gasteiger partial charge in [0.05, 0.1) is 40.4 Å². The molecule has 10 nitrogen and oxygen atoms in total. The normalized spacial score (nSPS) is 11.6. The van der Waals surface area contributed by atoms with Crippen LogP contribution in [-0.4, -0.2) is 57.0 Å². The highest BCUT2D eigenvalue weighted by Gasteiger charge is 2.17. The number of anilines is 3. The fourth-order valence-electron chi connectivity index (χ4n) is 3.04. The zero-order valence-electron chi connectivity index (χ0n) is 19.3. The van der Waals surface area contributed by atoms with Gasteiger partial charge in [-0.25, -0.2) is 14.4 Å². The third-order valence-electron chi connectivity index (χ3n) is 4.74. The number of hydrogen-bond donors (Lipinski definition) is 4. The lowest BCUT2D eigenvalue weighted by atomic mass is 10.1. The molecule has 1 aromatic heterocycles. The smallest absolute Gasteiger partial charge is 0.313 e. The summed E-state index contributed by atoms with van der Waals surface area (Å²) in [4.78, 5) is 43.9. The average Bonchev–Trinajstić information content (AvgIpc) is 2.84. The number of rotatable bonds is 11. The number of carbonyl (C=O) groups is 3. The largest absolute Gasteiger partial charge is 0.492 e. The maximum atomic E-state index is 13.5. The van der Waals surface area contributed by atoms with Crippen LogP contribution in [0.25, 0.3) is 10.9 Å². The molecule has 3 aromatic rings.